The summed E-state index contributed by atoms with van der Waals surface area (Å²) in [5.41, 5.74) is 8.02. The van der Waals surface area contributed by atoms with Crippen LogP contribution >= 0.6 is 11.3 Å². The van der Waals surface area contributed by atoms with Gasteiger partial charge in [0.05, 0.1) is 6.04 Å². The Bertz CT molecular complexity index is 695. The molecule has 2 aromatic carbocycles. The zero-order valence-electron chi connectivity index (χ0n) is 10.5. The van der Waals surface area contributed by atoms with E-state index in [1.807, 2.05) is 30.3 Å². The minimum atomic E-state index is -0.289. The van der Waals surface area contributed by atoms with Gasteiger partial charge in [0.25, 0.3) is 0 Å². The average Bonchev–Trinajstić information content (AvgIpc) is 2.98. The van der Waals surface area contributed by atoms with Crippen molar-refractivity contribution >= 4 is 11.3 Å². The number of nitrogens with two attached hydrogens (primary N) is 1. The molecule has 0 radical (unpaired) electrons. The molecule has 2 N–H and O–H groups in total. The first-order valence-electron chi connectivity index (χ1n) is 6.14. The van der Waals surface area contributed by atoms with E-state index in [-0.39, 0.29) is 11.9 Å². The molecule has 0 aliphatic heterocycles. The number of hydrogen-bond donors (Lipinski definition) is 1. The molecule has 5 heteroatoms. The van der Waals surface area contributed by atoms with Gasteiger partial charge in [-0.3, -0.25) is 0 Å². The lowest BCUT2D eigenvalue weighted by molar-refractivity contribution is 0.628. The SMILES string of the molecule is NC(c1ccccc1)c1nnc(-c2ccc(F)cc2)s1. The van der Waals surface area contributed by atoms with Crippen LogP contribution in [-0.4, -0.2) is 10.2 Å². The van der Waals surface area contributed by atoms with E-state index in [0.29, 0.717) is 0 Å². The van der Waals surface area contributed by atoms with Crippen LogP contribution < -0.4 is 5.73 Å². The van der Waals surface area contributed by atoms with Crippen molar-refractivity contribution in [1.29, 1.82) is 0 Å². The maximum absolute atomic E-state index is 12.9. The quantitative estimate of drug-likeness (QED) is 0.802. The first kappa shape index (κ1) is 12.9. The molecule has 0 saturated carbocycles. The van der Waals surface area contributed by atoms with E-state index in [2.05, 4.69) is 10.2 Å². The Labute approximate surface area is 119 Å². The van der Waals surface area contributed by atoms with Crippen LogP contribution in [0.4, 0.5) is 4.39 Å². The molecule has 1 aromatic heterocycles. The van der Waals surface area contributed by atoms with Crippen molar-refractivity contribution in [3.05, 3.63) is 71.0 Å². The standard InChI is InChI=1S/C15H12FN3S/c16-12-8-6-11(7-9-12)14-18-19-15(20-14)13(17)10-4-2-1-3-5-10/h1-9,13H,17H2. The molecule has 0 amide bonds. The summed E-state index contributed by atoms with van der Waals surface area (Å²) < 4.78 is 12.9. The van der Waals surface area contributed by atoms with Crippen LogP contribution in [0.3, 0.4) is 0 Å². The molecule has 1 heterocycles. The van der Waals surface area contributed by atoms with Crippen molar-refractivity contribution in [2.45, 2.75) is 6.04 Å². The molecule has 20 heavy (non-hydrogen) atoms. The van der Waals surface area contributed by atoms with Gasteiger partial charge in [-0.15, -0.1) is 10.2 Å². The lowest BCUT2D eigenvalue weighted by Crippen LogP contribution is -2.11. The summed E-state index contributed by atoms with van der Waals surface area (Å²) >= 11 is 1.43. The number of halogens is 1. The molecule has 0 saturated heterocycles. The van der Waals surface area contributed by atoms with Gasteiger partial charge in [-0.25, -0.2) is 4.39 Å². The van der Waals surface area contributed by atoms with Crippen molar-refractivity contribution in [1.82, 2.24) is 10.2 Å². The molecule has 3 rings (SSSR count). The molecule has 3 nitrogen and oxygen atoms in total. The summed E-state index contributed by atoms with van der Waals surface area (Å²) in [7, 11) is 0. The summed E-state index contributed by atoms with van der Waals surface area (Å²) in [5.74, 6) is -0.264. The first-order chi connectivity index (χ1) is 9.74. The molecule has 0 bridgehead atoms. The summed E-state index contributed by atoms with van der Waals surface area (Å²) in [5, 5.41) is 9.76. The summed E-state index contributed by atoms with van der Waals surface area (Å²) in [4.78, 5) is 0. The van der Waals surface area contributed by atoms with Gasteiger partial charge in [0.15, 0.2) is 0 Å². The maximum atomic E-state index is 12.9. The van der Waals surface area contributed by atoms with E-state index in [1.54, 1.807) is 12.1 Å². The lowest BCUT2D eigenvalue weighted by atomic mass is 10.1. The highest BCUT2D eigenvalue weighted by molar-refractivity contribution is 7.14. The smallest absolute Gasteiger partial charge is 0.147 e. The fourth-order valence-corrected chi connectivity index (χ4v) is 2.75. The fourth-order valence-electron chi connectivity index (χ4n) is 1.87. The summed E-state index contributed by atoms with van der Waals surface area (Å²) in [6.45, 7) is 0. The van der Waals surface area contributed by atoms with Crippen LogP contribution in [0.5, 0.6) is 0 Å². The van der Waals surface area contributed by atoms with Gasteiger partial charge in [0.1, 0.15) is 15.8 Å². The normalized spacial score (nSPS) is 12.3. The number of rotatable bonds is 3. The van der Waals surface area contributed by atoms with Crippen molar-refractivity contribution in [3.8, 4) is 10.6 Å². The molecule has 0 fully saturated rings. The molecule has 0 aliphatic rings. The Morgan fingerprint density at radius 2 is 1.65 bits per heavy atom. The second-order valence-corrected chi connectivity index (χ2v) is 5.35. The first-order valence-corrected chi connectivity index (χ1v) is 6.95. The molecule has 1 unspecified atom stereocenters. The largest absolute Gasteiger partial charge is 0.318 e. The Morgan fingerprint density at radius 1 is 0.950 bits per heavy atom. The average molecular weight is 285 g/mol. The molecular weight excluding hydrogens is 273 g/mol. The van der Waals surface area contributed by atoms with Crippen LogP contribution in [0.1, 0.15) is 16.6 Å². The molecule has 100 valence electrons. The van der Waals surface area contributed by atoms with E-state index >= 15 is 0 Å². The number of nitrogens with zero attached hydrogens (tertiary/aromatic N) is 2. The molecule has 1 atom stereocenters. The molecule has 3 aromatic rings. The highest BCUT2D eigenvalue weighted by atomic mass is 32.1. The van der Waals surface area contributed by atoms with Crippen LogP contribution in [0.15, 0.2) is 54.6 Å². The van der Waals surface area contributed by atoms with Crippen molar-refractivity contribution in [3.63, 3.8) is 0 Å². The zero-order valence-corrected chi connectivity index (χ0v) is 11.3. The van der Waals surface area contributed by atoms with E-state index in [1.165, 1.54) is 23.5 Å². The fraction of sp³-hybridized carbons (Fsp3) is 0.0667. The van der Waals surface area contributed by atoms with Gasteiger partial charge in [-0.05, 0) is 29.8 Å². The van der Waals surface area contributed by atoms with Gasteiger partial charge in [0.2, 0.25) is 0 Å². The third-order valence-electron chi connectivity index (χ3n) is 2.96. The monoisotopic (exact) mass is 285 g/mol. The van der Waals surface area contributed by atoms with Crippen LogP contribution in [0.25, 0.3) is 10.6 Å². The van der Waals surface area contributed by atoms with E-state index in [0.717, 1.165) is 21.1 Å². The van der Waals surface area contributed by atoms with Crippen molar-refractivity contribution < 1.29 is 4.39 Å². The predicted octanol–water partition coefficient (Wildman–Crippen LogP) is 3.39. The van der Waals surface area contributed by atoms with Crippen LogP contribution in [0.2, 0.25) is 0 Å². The lowest BCUT2D eigenvalue weighted by Gasteiger charge is -2.06. The summed E-state index contributed by atoms with van der Waals surface area (Å²) in [6.07, 6.45) is 0. The zero-order chi connectivity index (χ0) is 13.9. The minimum absolute atomic E-state index is 0.264. The van der Waals surface area contributed by atoms with E-state index < -0.39 is 0 Å². The minimum Gasteiger partial charge on any atom is -0.318 e. The summed E-state index contributed by atoms with van der Waals surface area (Å²) in [6, 6.07) is 15.7. The van der Waals surface area contributed by atoms with Crippen LogP contribution in [0, 0.1) is 5.82 Å². The van der Waals surface area contributed by atoms with Gasteiger partial charge in [-0.1, -0.05) is 41.7 Å². The number of aromatic nitrogens is 2. The van der Waals surface area contributed by atoms with Gasteiger partial charge in [-0.2, -0.15) is 0 Å². The Balaban J connectivity index is 1.89. The third-order valence-corrected chi connectivity index (χ3v) is 4.01. The highest BCUT2D eigenvalue weighted by Gasteiger charge is 2.15. The third kappa shape index (κ3) is 2.59. The van der Waals surface area contributed by atoms with E-state index in [9.17, 15) is 4.39 Å². The Hall–Kier alpha value is -2.11. The molecular formula is C15H12FN3S. The van der Waals surface area contributed by atoms with Crippen molar-refractivity contribution in [2.75, 3.05) is 0 Å². The van der Waals surface area contributed by atoms with Crippen molar-refractivity contribution in [2.24, 2.45) is 5.73 Å². The second kappa shape index (κ2) is 5.48. The Morgan fingerprint density at radius 3 is 2.35 bits per heavy atom. The van der Waals surface area contributed by atoms with E-state index in [4.69, 9.17) is 5.73 Å². The Kier molecular flexibility index (Phi) is 3.54. The van der Waals surface area contributed by atoms with Gasteiger partial charge >= 0.3 is 0 Å². The molecule has 0 aliphatic carbocycles. The van der Waals surface area contributed by atoms with Gasteiger partial charge < -0.3 is 5.73 Å². The topological polar surface area (TPSA) is 51.8 Å². The highest BCUT2D eigenvalue weighted by Crippen LogP contribution is 2.28. The van der Waals surface area contributed by atoms with Crippen LogP contribution in [-0.2, 0) is 0 Å². The predicted molar refractivity (Wildman–Crippen MR) is 77.8 cm³/mol. The second-order valence-electron chi connectivity index (χ2n) is 4.34. The van der Waals surface area contributed by atoms with Gasteiger partial charge in [0, 0.05) is 5.56 Å². The maximum Gasteiger partial charge on any atom is 0.147 e. The number of benzene rings is 2. The molecule has 0 spiro atoms. The number of hydrogen-bond acceptors (Lipinski definition) is 4.